The molecule has 1 saturated heterocycles. The highest BCUT2D eigenvalue weighted by Gasteiger charge is 2.38. The van der Waals surface area contributed by atoms with Gasteiger partial charge in [0.2, 0.25) is 10.0 Å². The summed E-state index contributed by atoms with van der Waals surface area (Å²) in [5.41, 5.74) is 5.80. The number of alkyl halides is 3. The lowest BCUT2D eigenvalue weighted by Gasteiger charge is -2.17. The largest absolute Gasteiger partial charge is 0.490 e. The van der Waals surface area contributed by atoms with Crippen LogP contribution in [-0.4, -0.2) is 54.1 Å². The number of carbonyl (C=O) groups is 1. The van der Waals surface area contributed by atoms with E-state index in [1.54, 1.807) is 30.6 Å². The Kier molecular flexibility index (Phi) is 5.84. The number of pyridine rings is 1. The van der Waals surface area contributed by atoms with Crippen molar-refractivity contribution in [1.82, 2.24) is 9.29 Å². The zero-order valence-electron chi connectivity index (χ0n) is 13.3. The first-order valence-electron chi connectivity index (χ1n) is 7.42. The average molecular weight is 391 g/mol. The Balaban J connectivity index is 0.000000298. The van der Waals surface area contributed by atoms with E-state index in [0.717, 1.165) is 5.39 Å². The van der Waals surface area contributed by atoms with Crippen LogP contribution in [0.25, 0.3) is 10.8 Å². The van der Waals surface area contributed by atoms with Crippen LogP contribution in [0.4, 0.5) is 13.2 Å². The van der Waals surface area contributed by atoms with Crippen molar-refractivity contribution in [3.63, 3.8) is 0 Å². The maximum atomic E-state index is 12.6. The molecule has 2 heterocycles. The molecule has 11 heteroatoms. The minimum Gasteiger partial charge on any atom is -0.475 e. The van der Waals surface area contributed by atoms with Gasteiger partial charge in [0.15, 0.2) is 0 Å². The quantitative estimate of drug-likeness (QED) is 0.804. The van der Waals surface area contributed by atoms with Crippen LogP contribution in [0.3, 0.4) is 0 Å². The number of carboxylic acid groups (broad SMARTS) is 1. The number of nitrogens with zero attached hydrogens (tertiary/aromatic N) is 2. The van der Waals surface area contributed by atoms with Gasteiger partial charge < -0.3 is 10.8 Å². The molecular weight excluding hydrogens is 375 g/mol. The maximum Gasteiger partial charge on any atom is 0.490 e. The van der Waals surface area contributed by atoms with Gasteiger partial charge in [0.05, 0.1) is 4.90 Å². The number of nitrogens with two attached hydrogens (primary N) is 1. The molecule has 1 aromatic heterocycles. The van der Waals surface area contributed by atoms with Crippen molar-refractivity contribution in [3.8, 4) is 0 Å². The highest BCUT2D eigenvalue weighted by molar-refractivity contribution is 7.89. The number of benzene rings is 1. The number of aromatic nitrogens is 1. The lowest BCUT2D eigenvalue weighted by atomic mass is 10.2. The van der Waals surface area contributed by atoms with Crippen molar-refractivity contribution in [3.05, 3.63) is 36.7 Å². The minimum atomic E-state index is -5.08. The maximum absolute atomic E-state index is 12.6. The van der Waals surface area contributed by atoms with Crippen LogP contribution in [0.15, 0.2) is 41.6 Å². The van der Waals surface area contributed by atoms with Gasteiger partial charge in [0, 0.05) is 42.3 Å². The summed E-state index contributed by atoms with van der Waals surface area (Å²) in [6, 6.07) is 6.91. The van der Waals surface area contributed by atoms with E-state index in [4.69, 9.17) is 15.6 Å². The number of fused-ring (bicyclic) bond motifs is 1. The molecule has 0 bridgehead atoms. The predicted molar refractivity (Wildman–Crippen MR) is 86.8 cm³/mol. The molecule has 0 radical (unpaired) electrons. The molecule has 1 atom stereocenters. The lowest BCUT2D eigenvalue weighted by molar-refractivity contribution is -0.192. The third-order valence-corrected chi connectivity index (χ3v) is 5.61. The number of hydrogen-bond donors (Lipinski definition) is 2. The van der Waals surface area contributed by atoms with E-state index < -0.39 is 22.2 Å². The van der Waals surface area contributed by atoms with E-state index in [0.29, 0.717) is 29.8 Å². The summed E-state index contributed by atoms with van der Waals surface area (Å²) in [7, 11) is -3.47. The van der Waals surface area contributed by atoms with Crippen LogP contribution in [0.5, 0.6) is 0 Å². The first-order valence-corrected chi connectivity index (χ1v) is 8.86. The molecule has 0 amide bonds. The number of carboxylic acids is 1. The van der Waals surface area contributed by atoms with Crippen molar-refractivity contribution in [2.24, 2.45) is 5.73 Å². The van der Waals surface area contributed by atoms with E-state index in [2.05, 4.69) is 4.98 Å². The van der Waals surface area contributed by atoms with E-state index >= 15 is 0 Å². The molecule has 0 aliphatic carbocycles. The Labute approximate surface area is 147 Å². The summed E-state index contributed by atoms with van der Waals surface area (Å²) < 4.78 is 58.5. The molecule has 0 saturated carbocycles. The predicted octanol–water partition coefficient (Wildman–Crippen LogP) is 1.59. The second-order valence-electron chi connectivity index (χ2n) is 5.57. The van der Waals surface area contributed by atoms with Gasteiger partial charge in [0.25, 0.3) is 0 Å². The van der Waals surface area contributed by atoms with E-state index in [9.17, 15) is 21.6 Å². The van der Waals surface area contributed by atoms with Crippen molar-refractivity contribution in [1.29, 1.82) is 0 Å². The topological polar surface area (TPSA) is 114 Å². The molecule has 1 aliphatic rings. The van der Waals surface area contributed by atoms with Crippen molar-refractivity contribution in [2.75, 3.05) is 13.1 Å². The van der Waals surface area contributed by atoms with Gasteiger partial charge >= 0.3 is 12.1 Å². The number of sulfonamides is 1. The Hall–Kier alpha value is -2.24. The van der Waals surface area contributed by atoms with Crippen molar-refractivity contribution >= 4 is 26.8 Å². The summed E-state index contributed by atoms with van der Waals surface area (Å²) in [6.07, 6.45) is -1.09. The molecule has 1 aromatic carbocycles. The second-order valence-corrected chi connectivity index (χ2v) is 7.47. The van der Waals surface area contributed by atoms with Crippen LogP contribution < -0.4 is 5.73 Å². The van der Waals surface area contributed by atoms with Crippen LogP contribution >= 0.6 is 0 Å². The highest BCUT2D eigenvalue weighted by Crippen LogP contribution is 2.27. The first-order chi connectivity index (χ1) is 12.0. The molecule has 7 nitrogen and oxygen atoms in total. The van der Waals surface area contributed by atoms with Gasteiger partial charge in [-0.05, 0) is 18.6 Å². The lowest BCUT2D eigenvalue weighted by Crippen LogP contribution is -2.32. The molecule has 1 aliphatic heterocycles. The van der Waals surface area contributed by atoms with Crippen LogP contribution in [0, 0.1) is 0 Å². The fourth-order valence-electron chi connectivity index (χ4n) is 2.43. The zero-order valence-corrected chi connectivity index (χ0v) is 14.2. The zero-order chi connectivity index (χ0) is 19.5. The highest BCUT2D eigenvalue weighted by atomic mass is 32.2. The number of hydrogen-bond acceptors (Lipinski definition) is 5. The smallest absolute Gasteiger partial charge is 0.475 e. The fourth-order valence-corrected chi connectivity index (χ4v) is 4.16. The Morgan fingerprint density at radius 3 is 2.50 bits per heavy atom. The Morgan fingerprint density at radius 1 is 1.31 bits per heavy atom. The van der Waals surface area contributed by atoms with Crippen LogP contribution in [-0.2, 0) is 14.8 Å². The summed E-state index contributed by atoms with van der Waals surface area (Å²) >= 11 is 0. The molecular formula is C15H16F3N3O4S. The monoisotopic (exact) mass is 391 g/mol. The van der Waals surface area contributed by atoms with Crippen molar-refractivity contribution in [2.45, 2.75) is 23.5 Å². The van der Waals surface area contributed by atoms with E-state index in [-0.39, 0.29) is 6.04 Å². The first kappa shape index (κ1) is 20.1. The Morgan fingerprint density at radius 2 is 1.96 bits per heavy atom. The summed E-state index contributed by atoms with van der Waals surface area (Å²) in [6.45, 7) is 0.884. The minimum absolute atomic E-state index is 0.0635. The fraction of sp³-hybridized carbons (Fsp3) is 0.333. The summed E-state index contributed by atoms with van der Waals surface area (Å²) in [5.74, 6) is -2.76. The third-order valence-electron chi connectivity index (χ3n) is 3.69. The molecule has 3 rings (SSSR count). The molecule has 1 unspecified atom stereocenters. The van der Waals surface area contributed by atoms with E-state index in [1.165, 1.54) is 4.31 Å². The number of rotatable bonds is 2. The van der Waals surface area contributed by atoms with Gasteiger partial charge in [-0.15, -0.1) is 0 Å². The van der Waals surface area contributed by atoms with Gasteiger partial charge in [-0.25, -0.2) is 13.2 Å². The molecule has 26 heavy (non-hydrogen) atoms. The number of aliphatic carboxylic acids is 1. The Bertz CT molecular complexity index is 897. The molecule has 142 valence electrons. The van der Waals surface area contributed by atoms with Gasteiger partial charge in [-0.3, -0.25) is 4.98 Å². The van der Waals surface area contributed by atoms with E-state index in [1.807, 2.05) is 6.07 Å². The second kappa shape index (κ2) is 7.56. The molecule has 1 fully saturated rings. The van der Waals surface area contributed by atoms with Gasteiger partial charge in [-0.2, -0.15) is 17.5 Å². The summed E-state index contributed by atoms with van der Waals surface area (Å²) in [4.78, 5) is 13.2. The number of halogens is 3. The SMILES string of the molecule is NC1CCN(S(=O)(=O)c2cccc3cnccc23)C1.O=C(O)C(F)(F)F. The third kappa shape index (κ3) is 4.48. The molecule has 0 spiro atoms. The summed E-state index contributed by atoms with van der Waals surface area (Å²) in [5, 5.41) is 8.66. The molecule has 3 N–H and O–H groups in total. The van der Waals surface area contributed by atoms with Crippen LogP contribution in [0.1, 0.15) is 6.42 Å². The molecule has 2 aromatic rings. The average Bonchev–Trinajstić information content (AvgIpc) is 3.01. The standard InChI is InChI=1S/C13H15N3O2S.C2HF3O2/c14-11-5-7-16(9-11)19(17,18)13-3-1-2-10-8-15-6-4-12(10)13;3-2(4,5)1(6)7/h1-4,6,8,11H,5,7,9,14H2;(H,6,7). The van der Waals surface area contributed by atoms with Crippen LogP contribution in [0.2, 0.25) is 0 Å². The van der Waals surface area contributed by atoms with Crippen molar-refractivity contribution < 1.29 is 31.5 Å². The normalized spacial score (nSPS) is 18.4. The van der Waals surface area contributed by atoms with Gasteiger partial charge in [0.1, 0.15) is 0 Å². The van der Waals surface area contributed by atoms with Gasteiger partial charge in [-0.1, -0.05) is 12.1 Å².